The van der Waals surface area contributed by atoms with Gasteiger partial charge < -0.3 is 0 Å². The van der Waals surface area contributed by atoms with Crippen LogP contribution in [-0.4, -0.2) is 0 Å². The van der Waals surface area contributed by atoms with Crippen molar-refractivity contribution in [2.45, 2.75) is 0 Å². The van der Waals surface area contributed by atoms with Crippen LogP contribution in [0.15, 0.2) is 133 Å². The molecule has 0 heteroatoms. The first-order valence-electron chi connectivity index (χ1n) is 16.4. The standard InChI is InChI=1S/C34H22/c1-2-11-25(12-3-1)33-28-14-6-8-16-30(28)34(31-17-9-7-15-29(31)33)26-21-20-24-19-18-23-10-4-5-13-27(23)32(24)22-26/h1-22H/i2D,3D,6D,7D,8D,9D,11D,12D,14D,16D,17D. The summed E-state index contributed by atoms with van der Waals surface area (Å²) in [5, 5.41) is 3.96. The fourth-order valence-electron chi connectivity index (χ4n) is 4.80. The van der Waals surface area contributed by atoms with Crippen molar-refractivity contribution in [2.75, 3.05) is 0 Å². The second-order valence-electron chi connectivity index (χ2n) is 8.11. The van der Waals surface area contributed by atoms with Crippen molar-refractivity contribution in [3.63, 3.8) is 0 Å². The Morgan fingerprint density at radius 1 is 0.382 bits per heavy atom. The zero-order chi connectivity index (χ0) is 32.1. The SMILES string of the molecule is [2H]c1cc([2H])c([2H])c(-c2c3cc([2H])c([2H])c([2H])c3c(-c3ccc4ccc5ccccc5c4c3)c3c([2H])c([2H])c([2H])c([2H])c23)c1[2H]. The summed E-state index contributed by atoms with van der Waals surface area (Å²) in [7, 11) is 0. The summed E-state index contributed by atoms with van der Waals surface area (Å²) in [6, 6.07) is 15.2. The minimum Gasteiger partial charge on any atom is -0.0622 e. The highest BCUT2D eigenvalue weighted by Crippen LogP contribution is 2.44. The van der Waals surface area contributed by atoms with Crippen molar-refractivity contribution in [1.29, 1.82) is 0 Å². The van der Waals surface area contributed by atoms with Crippen LogP contribution in [-0.2, 0) is 0 Å². The van der Waals surface area contributed by atoms with Crippen LogP contribution < -0.4 is 0 Å². The molecule has 0 aromatic heterocycles. The molecule has 0 radical (unpaired) electrons. The van der Waals surface area contributed by atoms with Gasteiger partial charge in [0.25, 0.3) is 0 Å². The molecule has 0 spiro atoms. The van der Waals surface area contributed by atoms with Crippen LogP contribution in [0.4, 0.5) is 0 Å². The Morgan fingerprint density at radius 3 is 1.79 bits per heavy atom. The molecule has 7 rings (SSSR count). The first kappa shape index (κ1) is 11.1. The van der Waals surface area contributed by atoms with Gasteiger partial charge in [-0.3, -0.25) is 0 Å². The smallest absolute Gasteiger partial charge is 0.0622 e. The molecule has 158 valence electrons. The van der Waals surface area contributed by atoms with Gasteiger partial charge in [-0.1, -0.05) is 127 Å². The molecular weight excluding hydrogens is 408 g/mol. The van der Waals surface area contributed by atoms with Crippen LogP contribution >= 0.6 is 0 Å². The molecular formula is C34H22. The van der Waals surface area contributed by atoms with Gasteiger partial charge in [0.2, 0.25) is 0 Å². The third kappa shape index (κ3) is 2.86. The van der Waals surface area contributed by atoms with Crippen LogP contribution in [0.5, 0.6) is 0 Å². The second-order valence-corrected chi connectivity index (χ2v) is 8.11. The minimum absolute atomic E-state index is 0.0226. The average molecular weight is 442 g/mol. The summed E-state index contributed by atoms with van der Waals surface area (Å²) in [4.78, 5) is 0. The number of benzene rings is 7. The lowest BCUT2D eigenvalue weighted by atomic mass is 9.85. The molecule has 0 bridgehead atoms. The summed E-state index contributed by atoms with van der Waals surface area (Å²) in [5.41, 5.74) is 0.528. The van der Waals surface area contributed by atoms with Crippen molar-refractivity contribution < 1.29 is 15.1 Å². The van der Waals surface area contributed by atoms with Crippen molar-refractivity contribution >= 4 is 43.1 Å². The van der Waals surface area contributed by atoms with Gasteiger partial charge in [0.1, 0.15) is 0 Å². The third-order valence-electron chi connectivity index (χ3n) is 6.28. The largest absolute Gasteiger partial charge is 0.0629 e. The van der Waals surface area contributed by atoms with Gasteiger partial charge in [-0.05, 0) is 71.4 Å². The number of rotatable bonds is 2. The molecule has 0 saturated heterocycles. The second kappa shape index (κ2) is 7.57. The predicted molar refractivity (Wildman–Crippen MR) is 147 cm³/mol. The van der Waals surface area contributed by atoms with E-state index in [0.717, 1.165) is 27.6 Å². The Hall–Kier alpha value is -4.42. The zero-order valence-corrected chi connectivity index (χ0v) is 17.9. The fraction of sp³-hybridized carbons (Fsp3) is 0. The molecule has 0 amide bonds. The van der Waals surface area contributed by atoms with E-state index in [9.17, 15) is 0 Å². The van der Waals surface area contributed by atoms with Gasteiger partial charge in [0.05, 0.1) is 15.1 Å². The molecule has 0 atom stereocenters. The molecule has 0 heterocycles. The summed E-state index contributed by atoms with van der Waals surface area (Å²) in [6.07, 6.45) is 0. The van der Waals surface area contributed by atoms with Crippen molar-refractivity contribution in [3.8, 4) is 22.3 Å². The molecule has 0 aliphatic heterocycles. The van der Waals surface area contributed by atoms with Gasteiger partial charge >= 0.3 is 0 Å². The Morgan fingerprint density at radius 2 is 1.00 bits per heavy atom. The first-order valence-corrected chi connectivity index (χ1v) is 10.9. The van der Waals surface area contributed by atoms with Crippen LogP contribution in [0.25, 0.3) is 65.3 Å². The lowest BCUT2D eigenvalue weighted by Crippen LogP contribution is -1.91. The maximum absolute atomic E-state index is 9.10. The quantitative estimate of drug-likeness (QED) is 0.185. The van der Waals surface area contributed by atoms with Gasteiger partial charge in [-0.25, -0.2) is 0 Å². The van der Waals surface area contributed by atoms with Gasteiger partial charge in [-0.15, -0.1) is 0 Å². The Bertz CT molecular complexity index is 2420. The molecule has 7 aromatic carbocycles. The zero-order valence-electron chi connectivity index (χ0n) is 28.9. The summed E-state index contributed by atoms with van der Waals surface area (Å²) >= 11 is 0. The minimum atomic E-state index is -0.552. The van der Waals surface area contributed by atoms with E-state index < -0.39 is 42.3 Å². The van der Waals surface area contributed by atoms with Crippen LogP contribution in [0.2, 0.25) is 0 Å². The topological polar surface area (TPSA) is 0 Å². The van der Waals surface area contributed by atoms with Gasteiger partial charge in [0.15, 0.2) is 0 Å². The van der Waals surface area contributed by atoms with E-state index in [-0.39, 0.29) is 62.4 Å². The van der Waals surface area contributed by atoms with Crippen molar-refractivity contribution in [3.05, 3.63) is 133 Å². The van der Waals surface area contributed by atoms with Crippen LogP contribution in [0.1, 0.15) is 15.1 Å². The predicted octanol–water partition coefficient (Wildman–Crippen LogP) is 9.63. The van der Waals surface area contributed by atoms with Gasteiger partial charge in [0, 0.05) is 0 Å². The van der Waals surface area contributed by atoms with E-state index in [1.165, 1.54) is 6.07 Å². The van der Waals surface area contributed by atoms with Crippen LogP contribution in [0, 0.1) is 0 Å². The summed E-state index contributed by atoms with van der Waals surface area (Å²) in [5.74, 6) is 0. The molecule has 7 aromatic rings. The molecule has 0 N–H and O–H groups in total. The summed E-state index contributed by atoms with van der Waals surface area (Å²) in [6.45, 7) is 0. The highest BCUT2D eigenvalue weighted by Gasteiger charge is 2.16. The molecule has 0 fully saturated rings. The van der Waals surface area contributed by atoms with Gasteiger partial charge in [-0.2, -0.15) is 0 Å². The van der Waals surface area contributed by atoms with Crippen molar-refractivity contribution in [1.82, 2.24) is 0 Å². The highest BCUT2D eigenvalue weighted by atomic mass is 14.2. The van der Waals surface area contributed by atoms with Crippen molar-refractivity contribution in [2.24, 2.45) is 0 Å². The maximum atomic E-state index is 9.10. The van der Waals surface area contributed by atoms with E-state index in [4.69, 9.17) is 15.1 Å². The molecule has 0 aliphatic rings. The van der Waals surface area contributed by atoms with E-state index in [1.54, 1.807) is 6.07 Å². The Kier molecular flexibility index (Phi) is 2.48. The first-order chi connectivity index (χ1) is 21.4. The number of hydrogen-bond acceptors (Lipinski definition) is 0. The molecule has 0 aliphatic carbocycles. The Labute approximate surface area is 214 Å². The average Bonchev–Trinajstić information content (AvgIpc) is 3.03. The monoisotopic (exact) mass is 441 g/mol. The Balaban J connectivity index is 1.81. The summed E-state index contributed by atoms with van der Waals surface area (Å²) < 4.78 is 95.7. The van der Waals surface area contributed by atoms with Crippen LogP contribution in [0.3, 0.4) is 0 Å². The molecule has 34 heavy (non-hydrogen) atoms. The van der Waals surface area contributed by atoms with E-state index >= 15 is 0 Å². The fourth-order valence-corrected chi connectivity index (χ4v) is 4.80. The number of hydrogen-bond donors (Lipinski definition) is 0. The normalized spacial score (nSPS) is 16.1. The van der Waals surface area contributed by atoms with E-state index in [2.05, 4.69) is 0 Å². The lowest BCUT2D eigenvalue weighted by Gasteiger charge is -2.18. The highest BCUT2D eigenvalue weighted by molar-refractivity contribution is 6.22. The third-order valence-corrected chi connectivity index (χ3v) is 6.28. The lowest BCUT2D eigenvalue weighted by molar-refractivity contribution is 1.66. The molecule has 0 saturated carbocycles. The maximum Gasteiger partial charge on any atom is 0.0629 e. The van der Waals surface area contributed by atoms with E-state index in [1.807, 2.05) is 48.5 Å². The molecule has 0 nitrogen and oxygen atoms in total. The molecule has 0 unspecified atom stereocenters. The van der Waals surface area contributed by atoms with E-state index in [0.29, 0.717) is 5.56 Å². The number of fused-ring (bicyclic) bond motifs is 5.